The number of thiol groups is 1. The van der Waals surface area contributed by atoms with Crippen molar-refractivity contribution in [3.63, 3.8) is 0 Å². The van der Waals surface area contributed by atoms with Crippen molar-refractivity contribution in [3.8, 4) is 11.1 Å². The average molecular weight is 500 g/mol. The summed E-state index contributed by atoms with van der Waals surface area (Å²) in [4.78, 5) is 11.7. The van der Waals surface area contributed by atoms with Crippen LogP contribution in [0.25, 0.3) is 16.0 Å². The van der Waals surface area contributed by atoms with Gasteiger partial charge < -0.3 is 0 Å². The summed E-state index contributed by atoms with van der Waals surface area (Å²) >= 11 is 4.86. The molecule has 1 aliphatic rings. The van der Waals surface area contributed by atoms with Crippen molar-refractivity contribution in [3.05, 3.63) is 95.6 Å². The second kappa shape index (κ2) is 8.16. The number of amides is 1. The summed E-state index contributed by atoms with van der Waals surface area (Å²) in [6.45, 7) is 1.93. The molecule has 1 N–H and O–H groups in total. The van der Waals surface area contributed by atoms with Gasteiger partial charge in [-0.15, -0.1) is 0 Å². The van der Waals surface area contributed by atoms with Gasteiger partial charge in [0.25, 0.3) is 15.9 Å². The first-order valence-electron chi connectivity index (χ1n) is 9.91. The summed E-state index contributed by atoms with van der Waals surface area (Å²) in [7, 11) is -7.13. The molecule has 0 fully saturated rings. The number of carbonyl (C=O) groups excluding carboxylic acids is 1. The number of hydrogen-bond donors (Lipinski definition) is 2. The largest absolute Gasteiger partial charge is 0.269 e. The first-order valence-corrected chi connectivity index (χ1v) is 13.7. The van der Waals surface area contributed by atoms with Crippen LogP contribution in [0.1, 0.15) is 23.6 Å². The molecule has 33 heavy (non-hydrogen) atoms. The number of rotatable bonds is 5. The molecule has 1 aliphatic heterocycles. The van der Waals surface area contributed by atoms with Gasteiger partial charge in [0.2, 0.25) is 0 Å². The molecule has 4 rings (SSSR count). The minimum Gasteiger partial charge on any atom is -0.269 e. The third-order valence-electron chi connectivity index (χ3n) is 5.56. The Labute approximate surface area is 198 Å². The van der Waals surface area contributed by atoms with E-state index in [1.807, 2.05) is 42.0 Å². The summed E-state index contributed by atoms with van der Waals surface area (Å²) in [6.07, 6.45) is 2.25. The number of nitrogens with one attached hydrogen (secondary N) is 1. The Balaban J connectivity index is 1.62. The van der Waals surface area contributed by atoms with E-state index in [4.69, 9.17) is 12.6 Å². The molecular weight excluding hydrogens is 478 g/mol. The fourth-order valence-electron chi connectivity index (χ4n) is 3.67. The monoisotopic (exact) mass is 499 g/mol. The van der Waals surface area contributed by atoms with Gasteiger partial charge in [0, 0.05) is 12.3 Å². The molecule has 0 radical (unpaired) electrons. The van der Waals surface area contributed by atoms with E-state index in [0.29, 0.717) is 5.56 Å². The van der Waals surface area contributed by atoms with Gasteiger partial charge in [-0.3, -0.25) is 4.79 Å². The molecule has 0 aliphatic carbocycles. The third-order valence-corrected chi connectivity index (χ3v) is 8.59. The molecule has 6 nitrogen and oxygen atoms in total. The van der Waals surface area contributed by atoms with E-state index in [2.05, 4.69) is 0 Å². The Hall–Kier alpha value is -2.88. The zero-order valence-electron chi connectivity index (χ0n) is 17.8. The van der Waals surface area contributed by atoms with Crippen LogP contribution in [0.5, 0.6) is 0 Å². The summed E-state index contributed by atoms with van der Waals surface area (Å²) < 4.78 is 49.1. The highest BCUT2D eigenvalue weighted by atomic mass is 32.2. The first kappa shape index (κ1) is 23.3. The zero-order chi connectivity index (χ0) is 24.0. The lowest BCUT2D eigenvalue weighted by Crippen LogP contribution is -2.22. The minimum absolute atomic E-state index is 0.0550. The molecule has 1 atom stereocenters. The molecule has 0 spiro atoms. The fraction of sp³-hybridized carbons (Fsp3) is 0.125. The van der Waals surface area contributed by atoms with Crippen LogP contribution in [-0.2, 0) is 29.4 Å². The lowest BCUT2D eigenvalue weighted by atomic mass is 9.90. The fourth-order valence-corrected chi connectivity index (χ4v) is 5.78. The van der Waals surface area contributed by atoms with Crippen LogP contribution in [0, 0.1) is 0 Å². The number of carbonyl (C=O) groups is 1. The van der Waals surface area contributed by atoms with Crippen molar-refractivity contribution in [2.45, 2.75) is 16.6 Å². The summed E-state index contributed by atoms with van der Waals surface area (Å²) in [5, 5.41) is 0. The first-order chi connectivity index (χ1) is 15.4. The van der Waals surface area contributed by atoms with Crippen LogP contribution in [-0.4, -0.2) is 29.0 Å². The van der Waals surface area contributed by atoms with Crippen molar-refractivity contribution in [1.29, 1.82) is 0 Å². The number of benzene rings is 3. The quantitative estimate of drug-likeness (QED) is 0.521. The van der Waals surface area contributed by atoms with Gasteiger partial charge in [-0.25, -0.2) is 21.6 Å². The van der Waals surface area contributed by atoms with Gasteiger partial charge in [-0.2, -0.15) is 12.6 Å². The maximum absolute atomic E-state index is 12.1. The molecule has 0 bridgehead atoms. The topological polar surface area (TPSA) is 97.4 Å². The van der Waals surface area contributed by atoms with Crippen molar-refractivity contribution in [1.82, 2.24) is 4.72 Å². The highest BCUT2D eigenvalue weighted by molar-refractivity contribution is 8.00. The number of sulfone groups is 1. The van der Waals surface area contributed by atoms with Crippen molar-refractivity contribution >= 4 is 43.3 Å². The van der Waals surface area contributed by atoms with Gasteiger partial charge >= 0.3 is 0 Å². The smallest absolute Gasteiger partial charge is 0.265 e. The van der Waals surface area contributed by atoms with Crippen LogP contribution in [0.15, 0.2) is 83.8 Å². The maximum Gasteiger partial charge on any atom is 0.265 e. The van der Waals surface area contributed by atoms with Crippen LogP contribution in [0.3, 0.4) is 0 Å². The van der Waals surface area contributed by atoms with Gasteiger partial charge in [-0.05, 0) is 46.9 Å². The molecule has 1 unspecified atom stereocenters. The molecule has 1 amide bonds. The van der Waals surface area contributed by atoms with Crippen molar-refractivity contribution in [2.75, 3.05) is 6.26 Å². The van der Waals surface area contributed by atoms with E-state index in [1.54, 1.807) is 42.5 Å². The van der Waals surface area contributed by atoms with E-state index in [-0.39, 0.29) is 9.80 Å². The Bertz CT molecular complexity index is 1490. The Morgan fingerprint density at radius 1 is 0.848 bits per heavy atom. The van der Waals surface area contributed by atoms with Gasteiger partial charge in [0.05, 0.1) is 9.64 Å². The molecule has 3 aromatic rings. The minimum atomic E-state index is -3.83. The van der Waals surface area contributed by atoms with Gasteiger partial charge in [0.1, 0.15) is 4.91 Å². The standard InChI is InChI=1S/C24H21NO5S3/c1-24(31,20-12-8-17(9-13-20)22-15-23(26)25-33(22,29)30)19-10-6-16(7-11-19)18-4-3-5-21(14-18)32(2,27)28/h3-15,31H,1-2H3,(H,25,26). The van der Waals surface area contributed by atoms with E-state index in [1.165, 1.54) is 6.26 Å². The van der Waals surface area contributed by atoms with E-state index in [9.17, 15) is 21.6 Å². The predicted molar refractivity (Wildman–Crippen MR) is 132 cm³/mol. The molecule has 3 aromatic carbocycles. The van der Waals surface area contributed by atoms with Gasteiger partial charge in [-0.1, -0.05) is 60.7 Å². The molecule has 170 valence electrons. The van der Waals surface area contributed by atoms with Crippen LogP contribution in [0.4, 0.5) is 0 Å². The Kier molecular flexibility index (Phi) is 5.76. The SMILES string of the molecule is CC(S)(c1ccc(C2=CC(=O)NS2(=O)=O)cc1)c1ccc(-c2cccc(S(C)(=O)=O)c2)cc1. The van der Waals surface area contributed by atoms with E-state index in [0.717, 1.165) is 28.3 Å². The van der Waals surface area contributed by atoms with Gasteiger partial charge in [0.15, 0.2) is 9.84 Å². The lowest BCUT2D eigenvalue weighted by molar-refractivity contribution is -0.114. The van der Waals surface area contributed by atoms with Crippen LogP contribution in [0.2, 0.25) is 0 Å². The van der Waals surface area contributed by atoms with E-state index < -0.39 is 30.5 Å². The summed E-state index contributed by atoms with van der Waals surface area (Å²) in [5.74, 6) is -0.657. The average Bonchev–Trinajstić information content (AvgIpc) is 3.05. The molecule has 0 saturated carbocycles. The second-order valence-electron chi connectivity index (χ2n) is 8.01. The summed E-state index contributed by atoms with van der Waals surface area (Å²) in [6, 6.07) is 21.3. The zero-order valence-corrected chi connectivity index (χ0v) is 20.3. The predicted octanol–water partition coefficient (Wildman–Crippen LogP) is 3.75. The van der Waals surface area contributed by atoms with Crippen molar-refractivity contribution < 1.29 is 21.6 Å². The number of hydrogen-bond acceptors (Lipinski definition) is 6. The van der Waals surface area contributed by atoms with Crippen molar-refractivity contribution in [2.24, 2.45) is 0 Å². The van der Waals surface area contributed by atoms with E-state index >= 15 is 0 Å². The normalized spacial score (nSPS) is 17.2. The highest BCUT2D eigenvalue weighted by Gasteiger charge is 2.30. The molecular formula is C24H21NO5S3. The Morgan fingerprint density at radius 3 is 1.88 bits per heavy atom. The molecule has 0 saturated heterocycles. The highest BCUT2D eigenvalue weighted by Crippen LogP contribution is 2.37. The molecule has 1 heterocycles. The van der Waals surface area contributed by atoms with Crippen LogP contribution >= 0.6 is 12.6 Å². The lowest BCUT2D eigenvalue weighted by Gasteiger charge is -2.25. The Morgan fingerprint density at radius 2 is 1.39 bits per heavy atom. The maximum atomic E-state index is 12.1. The molecule has 0 aromatic heterocycles. The molecule has 9 heteroatoms. The van der Waals surface area contributed by atoms with Crippen LogP contribution < -0.4 is 4.72 Å². The number of sulfonamides is 1. The summed E-state index contributed by atoms with van der Waals surface area (Å²) in [5.41, 5.74) is 3.84. The third kappa shape index (κ3) is 4.62. The second-order valence-corrected chi connectivity index (χ2v) is 12.6.